The summed E-state index contributed by atoms with van der Waals surface area (Å²) in [6.45, 7) is 5.89. The molecule has 3 rings (SSSR count). The van der Waals surface area contributed by atoms with Crippen LogP contribution in [0.5, 0.6) is 0 Å². The second-order valence-electron chi connectivity index (χ2n) is 4.40. The molecule has 0 unspecified atom stereocenters. The summed E-state index contributed by atoms with van der Waals surface area (Å²) >= 11 is 0. The van der Waals surface area contributed by atoms with Gasteiger partial charge in [0.1, 0.15) is 5.60 Å². The molecule has 74 valence electrons. The van der Waals surface area contributed by atoms with Crippen LogP contribution < -0.4 is 0 Å². The summed E-state index contributed by atoms with van der Waals surface area (Å²) in [7, 11) is 0. The minimum atomic E-state index is -0.187. The minimum absolute atomic E-state index is 0.187. The van der Waals surface area contributed by atoms with Crippen molar-refractivity contribution in [2.75, 3.05) is 6.61 Å². The van der Waals surface area contributed by atoms with E-state index in [1.54, 1.807) is 0 Å². The standard InChI is InChI=1S/C11H14N2O/c1-11(2)10-8-4-3-5-9(8)12-13(10)6-7-14-11/h3-4H,5-7H2,1-2H3. The first-order valence-corrected chi connectivity index (χ1v) is 5.09. The Balaban J connectivity index is 2.25. The number of ether oxygens (including phenoxy) is 1. The molecule has 1 aromatic rings. The third kappa shape index (κ3) is 0.932. The first-order valence-electron chi connectivity index (χ1n) is 5.09. The second-order valence-corrected chi connectivity index (χ2v) is 4.40. The van der Waals surface area contributed by atoms with Crippen LogP contribution in [-0.4, -0.2) is 16.4 Å². The molecule has 2 aliphatic rings. The summed E-state index contributed by atoms with van der Waals surface area (Å²) in [6.07, 6.45) is 5.32. The Morgan fingerprint density at radius 1 is 1.50 bits per heavy atom. The van der Waals surface area contributed by atoms with Crippen molar-refractivity contribution < 1.29 is 4.74 Å². The molecule has 0 saturated carbocycles. The third-order valence-corrected chi connectivity index (χ3v) is 3.00. The summed E-state index contributed by atoms with van der Waals surface area (Å²) in [6, 6.07) is 0. The largest absolute Gasteiger partial charge is 0.367 e. The summed E-state index contributed by atoms with van der Waals surface area (Å²) in [5.74, 6) is 0. The maximum atomic E-state index is 5.78. The van der Waals surface area contributed by atoms with Crippen LogP contribution in [0.1, 0.15) is 30.8 Å². The molecule has 0 bridgehead atoms. The number of rotatable bonds is 0. The van der Waals surface area contributed by atoms with Gasteiger partial charge in [-0.05, 0) is 13.8 Å². The van der Waals surface area contributed by atoms with Crippen LogP contribution in [0.15, 0.2) is 6.08 Å². The number of fused-ring (bicyclic) bond motifs is 3. The van der Waals surface area contributed by atoms with Gasteiger partial charge in [0.2, 0.25) is 0 Å². The van der Waals surface area contributed by atoms with E-state index in [0.29, 0.717) is 0 Å². The van der Waals surface area contributed by atoms with Gasteiger partial charge < -0.3 is 4.74 Å². The Morgan fingerprint density at radius 2 is 2.36 bits per heavy atom. The lowest BCUT2D eigenvalue weighted by molar-refractivity contribution is -0.0534. The van der Waals surface area contributed by atoms with E-state index in [0.717, 1.165) is 19.6 Å². The quantitative estimate of drug-likeness (QED) is 0.622. The molecule has 14 heavy (non-hydrogen) atoms. The number of hydrogen-bond donors (Lipinski definition) is 0. The van der Waals surface area contributed by atoms with E-state index in [2.05, 4.69) is 35.8 Å². The molecular weight excluding hydrogens is 176 g/mol. The predicted octanol–water partition coefficient (Wildman–Crippen LogP) is 1.72. The molecular formula is C11H14N2O. The van der Waals surface area contributed by atoms with Crippen LogP contribution in [0.3, 0.4) is 0 Å². The van der Waals surface area contributed by atoms with Gasteiger partial charge in [-0.15, -0.1) is 0 Å². The highest BCUT2D eigenvalue weighted by atomic mass is 16.5. The zero-order valence-corrected chi connectivity index (χ0v) is 8.58. The van der Waals surface area contributed by atoms with Crippen molar-refractivity contribution in [3.8, 4) is 0 Å². The predicted molar refractivity (Wildman–Crippen MR) is 53.9 cm³/mol. The van der Waals surface area contributed by atoms with E-state index in [1.807, 2.05) is 0 Å². The Bertz CT molecular complexity index is 415. The first kappa shape index (κ1) is 8.24. The van der Waals surface area contributed by atoms with Gasteiger partial charge in [-0.2, -0.15) is 5.10 Å². The topological polar surface area (TPSA) is 27.1 Å². The zero-order valence-electron chi connectivity index (χ0n) is 8.58. The highest BCUT2D eigenvalue weighted by Gasteiger charge is 2.34. The fraction of sp³-hybridized carbons (Fsp3) is 0.545. The van der Waals surface area contributed by atoms with Crippen molar-refractivity contribution in [1.82, 2.24) is 9.78 Å². The van der Waals surface area contributed by atoms with Crippen LogP contribution in [-0.2, 0) is 23.3 Å². The number of hydrogen-bond acceptors (Lipinski definition) is 2. The molecule has 0 saturated heterocycles. The Hall–Kier alpha value is -1.09. The highest BCUT2D eigenvalue weighted by molar-refractivity contribution is 5.61. The molecule has 1 aliphatic carbocycles. The Morgan fingerprint density at radius 3 is 3.21 bits per heavy atom. The maximum absolute atomic E-state index is 5.78. The van der Waals surface area contributed by atoms with Gasteiger partial charge >= 0.3 is 0 Å². The van der Waals surface area contributed by atoms with Crippen molar-refractivity contribution in [3.63, 3.8) is 0 Å². The van der Waals surface area contributed by atoms with Crippen molar-refractivity contribution >= 4 is 6.08 Å². The molecule has 0 radical (unpaired) electrons. The Labute approximate surface area is 83.4 Å². The van der Waals surface area contributed by atoms with Crippen LogP contribution >= 0.6 is 0 Å². The van der Waals surface area contributed by atoms with Gasteiger partial charge in [0.15, 0.2) is 0 Å². The number of aromatic nitrogens is 2. The lowest BCUT2D eigenvalue weighted by Crippen LogP contribution is -2.33. The van der Waals surface area contributed by atoms with E-state index in [-0.39, 0.29) is 5.60 Å². The zero-order chi connectivity index (χ0) is 9.76. The van der Waals surface area contributed by atoms with E-state index in [4.69, 9.17) is 4.74 Å². The van der Waals surface area contributed by atoms with Gasteiger partial charge in [-0.3, -0.25) is 4.68 Å². The minimum Gasteiger partial charge on any atom is -0.367 e. The summed E-state index contributed by atoms with van der Waals surface area (Å²) in [5.41, 5.74) is 3.55. The van der Waals surface area contributed by atoms with Gasteiger partial charge in [0.05, 0.1) is 24.5 Å². The average Bonchev–Trinajstić information content (AvgIpc) is 2.60. The lowest BCUT2D eigenvalue weighted by atomic mass is 9.99. The summed E-state index contributed by atoms with van der Waals surface area (Å²) in [5, 5.41) is 4.60. The van der Waals surface area contributed by atoms with Crippen molar-refractivity contribution in [2.45, 2.75) is 32.4 Å². The van der Waals surface area contributed by atoms with E-state index < -0.39 is 0 Å². The van der Waals surface area contributed by atoms with Crippen molar-refractivity contribution in [3.05, 3.63) is 23.0 Å². The van der Waals surface area contributed by atoms with Gasteiger partial charge in [0, 0.05) is 12.0 Å². The molecule has 0 fully saturated rings. The molecule has 2 heterocycles. The fourth-order valence-corrected chi connectivity index (χ4v) is 2.39. The average molecular weight is 190 g/mol. The smallest absolute Gasteiger partial charge is 0.105 e. The van der Waals surface area contributed by atoms with Crippen LogP contribution in [0.25, 0.3) is 6.08 Å². The van der Waals surface area contributed by atoms with Gasteiger partial charge in [0.25, 0.3) is 0 Å². The van der Waals surface area contributed by atoms with E-state index in [9.17, 15) is 0 Å². The molecule has 1 aromatic heterocycles. The van der Waals surface area contributed by atoms with Crippen LogP contribution in [0.2, 0.25) is 0 Å². The van der Waals surface area contributed by atoms with Crippen LogP contribution in [0.4, 0.5) is 0 Å². The molecule has 0 atom stereocenters. The molecule has 0 amide bonds. The van der Waals surface area contributed by atoms with E-state index >= 15 is 0 Å². The van der Waals surface area contributed by atoms with Gasteiger partial charge in [-0.1, -0.05) is 12.2 Å². The second kappa shape index (κ2) is 2.48. The number of nitrogens with zero attached hydrogens (tertiary/aromatic N) is 2. The molecule has 0 N–H and O–H groups in total. The molecule has 1 aliphatic heterocycles. The lowest BCUT2D eigenvalue weighted by Gasteiger charge is -2.31. The Kier molecular flexibility index (Phi) is 1.46. The fourth-order valence-electron chi connectivity index (χ4n) is 2.39. The monoisotopic (exact) mass is 190 g/mol. The number of allylic oxidation sites excluding steroid dienone is 1. The SMILES string of the molecule is CC1(C)OCCn2nc3c(c21)C=CC3. The maximum Gasteiger partial charge on any atom is 0.105 e. The van der Waals surface area contributed by atoms with Crippen molar-refractivity contribution in [2.24, 2.45) is 0 Å². The molecule has 3 nitrogen and oxygen atoms in total. The highest BCUT2D eigenvalue weighted by Crippen LogP contribution is 2.35. The van der Waals surface area contributed by atoms with E-state index in [1.165, 1.54) is 17.0 Å². The van der Waals surface area contributed by atoms with Crippen molar-refractivity contribution in [1.29, 1.82) is 0 Å². The molecule has 0 spiro atoms. The molecule has 3 heteroatoms. The molecule has 0 aromatic carbocycles. The summed E-state index contributed by atoms with van der Waals surface area (Å²) < 4.78 is 7.89. The first-order chi connectivity index (χ1) is 6.68. The summed E-state index contributed by atoms with van der Waals surface area (Å²) in [4.78, 5) is 0. The normalized spacial score (nSPS) is 22.1. The third-order valence-electron chi connectivity index (χ3n) is 3.00. The van der Waals surface area contributed by atoms with Gasteiger partial charge in [-0.25, -0.2) is 0 Å². The van der Waals surface area contributed by atoms with Crippen LogP contribution in [0, 0.1) is 0 Å².